The fourth-order valence-electron chi connectivity index (χ4n) is 4.89. The molecule has 1 aliphatic carbocycles. The maximum absolute atomic E-state index is 12.7. The Kier molecular flexibility index (Phi) is 2.91. The van der Waals surface area contributed by atoms with E-state index in [1.54, 1.807) is 6.20 Å². The van der Waals surface area contributed by atoms with Crippen molar-refractivity contribution in [3.8, 4) is 0 Å². The summed E-state index contributed by atoms with van der Waals surface area (Å²) in [5, 5.41) is 15.3. The van der Waals surface area contributed by atoms with Gasteiger partial charge in [-0.05, 0) is 31.2 Å². The number of hydrogen-bond donors (Lipinski definition) is 0. The van der Waals surface area contributed by atoms with Gasteiger partial charge in [0, 0.05) is 29.3 Å². The third kappa shape index (κ3) is 1.85. The van der Waals surface area contributed by atoms with Gasteiger partial charge >= 0.3 is 0 Å². The smallest absolute Gasteiger partial charge is 0.220 e. The molecule has 3 aromatic rings. The van der Waals surface area contributed by atoms with E-state index in [4.69, 9.17) is 0 Å². The van der Waals surface area contributed by atoms with Gasteiger partial charge in [0.2, 0.25) is 5.69 Å². The molecule has 3 nitrogen and oxygen atoms in total. The molecule has 0 saturated heterocycles. The summed E-state index contributed by atoms with van der Waals surface area (Å²) in [5.74, 6) is 0.427. The number of benzene rings is 1. The number of rotatable bonds is 1. The first kappa shape index (κ1) is 13.4. The standard InChI is InChI=1S/C20H22N2O/c23-22-13-11-17-16-10-4-8-14-9-5-12-21(18(14)16)20(17)19(22)15-6-2-1-3-7-15/h4,8,10-11,13,15H,1-3,5-7,9,12H2. The second-order valence-corrected chi connectivity index (χ2v) is 7.19. The van der Waals surface area contributed by atoms with E-state index in [0.717, 1.165) is 36.2 Å². The van der Waals surface area contributed by atoms with Crippen LogP contribution in [0.4, 0.5) is 0 Å². The Bertz CT molecular complexity index is 903. The molecular weight excluding hydrogens is 284 g/mol. The number of nitrogens with zero attached hydrogens (tertiary/aromatic N) is 2. The van der Waals surface area contributed by atoms with Crippen molar-refractivity contribution >= 4 is 21.8 Å². The van der Waals surface area contributed by atoms with Crippen LogP contribution >= 0.6 is 0 Å². The summed E-state index contributed by atoms with van der Waals surface area (Å²) in [6.07, 6.45) is 10.2. The average Bonchev–Trinajstić information content (AvgIpc) is 2.92. The average molecular weight is 306 g/mol. The molecule has 0 N–H and O–H groups in total. The van der Waals surface area contributed by atoms with Gasteiger partial charge in [0.1, 0.15) is 5.52 Å². The van der Waals surface area contributed by atoms with Gasteiger partial charge in [-0.15, -0.1) is 0 Å². The van der Waals surface area contributed by atoms with Gasteiger partial charge in [-0.1, -0.05) is 37.5 Å². The largest absolute Gasteiger partial charge is 0.618 e. The van der Waals surface area contributed by atoms with Crippen LogP contribution in [0.5, 0.6) is 0 Å². The van der Waals surface area contributed by atoms with Gasteiger partial charge in [0.05, 0.1) is 5.52 Å². The number of pyridine rings is 1. The summed E-state index contributed by atoms with van der Waals surface area (Å²) >= 11 is 0. The first-order valence-electron chi connectivity index (χ1n) is 9.00. The van der Waals surface area contributed by atoms with Crippen molar-refractivity contribution < 1.29 is 4.73 Å². The highest BCUT2D eigenvalue weighted by Crippen LogP contribution is 2.40. The van der Waals surface area contributed by atoms with Crippen LogP contribution < -0.4 is 4.73 Å². The molecule has 0 bridgehead atoms. The van der Waals surface area contributed by atoms with Crippen LogP contribution in [0, 0.1) is 5.21 Å². The molecule has 1 aromatic carbocycles. The van der Waals surface area contributed by atoms with Crippen LogP contribution in [-0.4, -0.2) is 4.57 Å². The van der Waals surface area contributed by atoms with E-state index in [9.17, 15) is 5.21 Å². The van der Waals surface area contributed by atoms with Crippen molar-refractivity contribution in [3.05, 3.63) is 46.9 Å². The second-order valence-electron chi connectivity index (χ2n) is 7.19. The molecule has 0 unspecified atom stereocenters. The molecule has 1 saturated carbocycles. The zero-order valence-corrected chi connectivity index (χ0v) is 13.4. The zero-order valence-electron chi connectivity index (χ0n) is 13.4. The fraction of sp³-hybridized carbons (Fsp3) is 0.450. The third-order valence-electron chi connectivity index (χ3n) is 5.88. The molecule has 0 amide bonds. The summed E-state index contributed by atoms with van der Waals surface area (Å²) in [6.45, 7) is 1.04. The van der Waals surface area contributed by atoms with Crippen molar-refractivity contribution in [1.29, 1.82) is 0 Å². The van der Waals surface area contributed by atoms with E-state index in [-0.39, 0.29) is 0 Å². The number of aromatic nitrogens is 2. The Hall–Kier alpha value is -2.03. The van der Waals surface area contributed by atoms with Crippen molar-refractivity contribution in [1.82, 2.24) is 4.57 Å². The SMILES string of the molecule is [O-][n+]1ccc2c3cccc4c3n(c2c1C1CCCCC1)CCC4. The third-order valence-corrected chi connectivity index (χ3v) is 5.88. The summed E-state index contributed by atoms with van der Waals surface area (Å²) in [7, 11) is 0. The second kappa shape index (κ2) is 4.98. The summed E-state index contributed by atoms with van der Waals surface area (Å²) in [6, 6.07) is 8.68. The van der Waals surface area contributed by atoms with E-state index >= 15 is 0 Å². The van der Waals surface area contributed by atoms with Crippen LogP contribution in [0.3, 0.4) is 0 Å². The first-order valence-corrected chi connectivity index (χ1v) is 9.00. The van der Waals surface area contributed by atoms with Gasteiger partial charge in [0.15, 0.2) is 6.20 Å². The predicted octanol–water partition coefficient (Wildman–Crippen LogP) is 4.42. The van der Waals surface area contributed by atoms with Gasteiger partial charge < -0.3 is 9.77 Å². The van der Waals surface area contributed by atoms with Crippen LogP contribution in [0.2, 0.25) is 0 Å². The van der Waals surface area contributed by atoms with E-state index in [1.807, 2.05) is 6.07 Å². The predicted molar refractivity (Wildman–Crippen MR) is 92.6 cm³/mol. The zero-order chi connectivity index (χ0) is 15.4. The fourth-order valence-corrected chi connectivity index (χ4v) is 4.89. The highest BCUT2D eigenvalue weighted by molar-refractivity contribution is 6.09. The lowest BCUT2D eigenvalue weighted by Crippen LogP contribution is -2.34. The van der Waals surface area contributed by atoms with Crippen molar-refractivity contribution in [3.63, 3.8) is 0 Å². The van der Waals surface area contributed by atoms with Gasteiger partial charge in [-0.25, -0.2) is 0 Å². The lowest BCUT2D eigenvalue weighted by molar-refractivity contribution is -0.614. The Morgan fingerprint density at radius 3 is 2.65 bits per heavy atom. The molecular formula is C20H22N2O. The van der Waals surface area contributed by atoms with Gasteiger partial charge in [-0.2, -0.15) is 4.73 Å². The molecule has 2 aromatic heterocycles. The summed E-state index contributed by atoms with van der Waals surface area (Å²) in [5.41, 5.74) is 5.07. The van der Waals surface area contributed by atoms with E-state index in [2.05, 4.69) is 22.8 Å². The van der Waals surface area contributed by atoms with Crippen LogP contribution in [0.25, 0.3) is 21.8 Å². The normalized spacial score (nSPS) is 18.8. The molecule has 3 heterocycles. The van der Waals surface area contributed by atoms with Gasteiger partial charge in [-0.3, -0.25) is 0 Å². The molecule has 2 aliphatic rings. The van der Waals surface area contributed by atoms with Gasteiger partial charge in [0.25, 0.3) is 0 Å². The van der Waals surface area contributed by atoms with Crippen LogP contribution in [-0.2, 0) is 13.0 Å². The monoisotopic (exact) mass is 306 g/mol. The topological polar surface area (TPSA) is 31.9 Å². The number of hydrogen-bond acceptors (Lipinski definition) is 1. The number of aryl methyl sites for hydroxylation is 2. The van der Waals surface area contributed by atoms with Crippen molar-refractivity contribution in [2.75, 3.05) is 0 Å². The van der Waals surface area contributed by atoms with E-state index in [0.29, 0.717) is 5.92 Å². The minimum absolute atomic E-state index is 0.427. The summed E-state index contributed by atoms with van der Waals surface area (Å²) in [4.78, 5) is 0. The Labute approximate surface area is 136 Å². The van der Waals surface area contributed by atoms with E-state index < -0.39 is 0 Å². The highest BCUT2D eigenvalue weighted by atomic mass is 16.5. The molecule has 0 atom stereocenters. The highest BCUT2D eigenvalue weighted by Gasteiger charge is 2.29. The number of fused-ring (bicyclic) bond motifs is 3. The molecule has 3 heteroatoms. The molecule has 5 rings (SSSR count). The summed E-state index contributed by atoms with van der Waals surface area (Å²) < 4.78 is 3.61. The Morgan fingerprint density at radius 1 is 0.957 bits per heavy atom. The molecule has 1 aliphatic heterocycles. The molecule has 118 valence electrons. The van der Waals surface area contributed by atoms with Crippen LogP contribution in [0.1, 0.15) is 55.7 Å². The first-order chi connectivity index (χ1) is 11.3. The molecule has 0 radical (unpaired) electrons. The van der Waals surface area contributed by atoms with Crippen molar-refractivity contribution in [2.24, 2.45) is 0 Å². The minimum Gasteiger partial charge on any atom is -0.618 e. The molecule has 0 spiro atoms. The minimum atomic E-state index is 0.427. The Morgan fingerprint density at radius 2 is 1.78 bits per heavy atom. The Balaban J connectivity index is 1.89. The lowest BCUT2D eigenvalue weighted by atomic mass is 9.86. The molecule has 23 heavy (non-hydrogen) atoms. The van der Waals surface area contributed by atoms with Crippen LogP contribution in [0.15, 0.2) is 30.5 Å². The van der Waals surface area contributed by atoms with E-state index in [1.165, 1.54) is 53.1 Å². The molecule has 1 fully saturated rings. The maximum atomic E-state index is 12.7. The number of para-hydroxylation sites is 1. The lowest BCUT2D eigenvalue weighted by Gasteiger charge is -2.22. The maximum Gasteiger partial charge on any atom is 0.220 e. The quantitative estimate of drug-likeness (QED) is 0.483. The van der Waals surface area contributed by atoms with Crippen molar-refractivity contribution in [2.45, 2.75) is 57.4 Å².